The van der Waals surface area contributed by atoms with Crippen LogP contribution in [0.5, 0.6) is 11.6 Å². The minimum absolute atomic E-state index is 0.208. The van der Waals surface area contributed by atoms with Gasteiger partial charge in [0, 0.05) is 23.4 Å². The molecule has 0 spiro atoms. The highest BCUT2D eigenvalue weighted by Gasteiger charge is 2.22. The zero-order chi connectivity index (χ0) is 21.6. The summed E-state index contributed by atoms with van der Waals surface area (Å²) in [5, 5.41) is 9.41. The van der Waals surface area contributed by atoms with Crippen LogP contribution >= 0.6 is 0 Å². The molecule has 1 saturated carbocycles. The summed E-state index contributed by atoms with van der Waals surface area (Å²) in [4.78, 5) is 16.1. The van der Waals surface area contributed by atoms with Crippen LogP contribution in [0.4, 0.5) is 0 Å². The Kier molecular flexibility index (Phi) is 6.13. The van der Waals surface area contributed by atoms with Crippen molar-refractivity contribution in [2.45, 2.75) is 19.4 Å². The minimum Gasteiger partial charge on any atom is -0.489 e. The fourth-order valence-corrected chi connectivity index (χ4v) is 3.10. The van der Waals surface area contributed by atoms with E-state index < -0.39 is 5.97 Å². The second-order valence-corrected chi connectivity index (χ2v) is 7.43. The molecule has 3 aromatic rings. The number of pyridine rings is 1. The smallest absolute Gasteiger partial charge is 0.337 e. The molecule has 31 heavy (non-hydrogen) atoms. The lowest BCUT2D eigenvalue weighted by Crippen LogP contribution is -2.04. The molecule has 0 amide bonds. The van der Waals surface area contributed by atoms with Gasteiger partial charge >= 0.3 is 5.97 Å². The summed E-state index contributed by atoms with van der Waals surface area (Å²) in [7, 11) is 1.31. The second-order valence-electron chi connectivity index (χ2n) is 7.43. The average Bonchev–Trinajstić information content (AvgIpc) is 3.66. The molecular formula is C25H22N2O4. The lowest BCUT2D eigenvalue weighted by atomic mass is 10.1. The zero-order valence-electron chi connectivity index (χ0n) is 17.2. The van der Waals surface area contributed by atoms with Gasteiger partial charge in [0.25, 0.3) is 0 Å². The summed E-state index contributed by atoms with van der Waals surface area (Å²) < 4.78 is 16.3. The van der Waals surface area contributed by atoms with Crippen molar-refractivity contribution in [3.05, 3.63) is 77.5 Å². The molecule has 1 heterocycles. The number of nitriles is 1. The summed E-state index contributed by atoms with van der Waals surface area (Å²) in [6.07, 6.45) is 4.28. The van der Waals surface area contributed by atoms with E-state index in [1.165, 1.54) is 26.0 Å². The highest BCUT2D eigenvalue weighted by Crippen LogP contribution is 2.30. The van der Waals surface area contributed by atoms with E-state index in [9.17, 15) is 10.1 Å². The van der Waals surface area contributed by atoms with Gasteiger partial charge in [-0.25, -0.2) is 9.78 Å². The number of hydrogen-bond donors (Lipinski definition) is 0. The van der Waals surface area contributed by atoms with Crippen LogP contribution in [0.15, 0.2) is 60.8 Å². The SMILES string of the molecule is COC(=O)c1ccc(COc2cccc(-c3ccc(OCC4CC4)nc3)c2)c(C#N)c1. The quantitative estimate of drug-likeness (QED) is 0.494. The van der Waals surface area contributed by atoms with Gasteiger partial charge in [-0.2, -0.15) is 5.26 Å². The number of carbonyl (C=O) groups is 1. The van der Waals surface area contributed by atoms with Crippen molar-refractivity contribution in [1.82, 2.24) is 4.98 Å². The summed E-state index contributed by atoms with van der Waals surface area (Å²) >= 11 is 0. The van der Waals surface area contributed by atoms with E-state index in [4.69, 9.17) is 14.2 Å². The predicted octanol–water partition coefficient (Wildman–Crippen LogP) is 4.77. The molecule has 4 rings (SSSR count). The van der Waals surface area contributed by atoms with Crippen LogP contribution in [0.3, 0.4) is 0 Å². The Morgan fingerprint density at radius 2 is 1.97 bits per heavy atom. The van der Waals surface area contributed by atoms with Crippen molar-refractivity contribution in [1.29, 1.82) is 5.26 Å². The van der Waals surface area contributed by atoms with Crippen LogP contribution in [0.2, 0.25) is 0 Å². The Bertz CT molecular complexity index is 1120. The highest BCUT2D eigenvalue weighted by molar-refractivity contribution is 5.89. The molecular weight excluding hydrogens is 392 g/mol. The van der Waals surface area contributed by atoms with Gasteiger partial charge in [-0.3, -0.25) is 0 Å². The van der Waals surface area contributed by atoms with Crippen molar-refractivity contribution in [3.8, 4) is 28.8 Å². The second kappa shape index (κ2) is 9.31. The van der Waals surface area contributed by atoms with E-state index in [1.807, 2.05) is 36.4 Å². The van der Waals surface area contributed by atoms with E-state index >= 15 is 0 Å². The number of nitrogens with zero attached hydrogens (tertiary/aromatic N) is 2. The van der Waals surface area contributed by atoms with Gasteiger partial charge < -0.3 is 14.2 Å². The van der Waals surface area contributed by atoms with Gasteiger partial charge in [-0.15, -0.1) is 0 Å². The molecule has 0 radical (unpaired) electrons. The molecule has 0 aliphatic heterocycles. The first-order valence-corrected chi connectivity index (χ1v) is 10.1. The van der Waals surface area contributed by atoms with Gasteiger partial charge in [0.1, 0.15) is 12.4 Å². The number of esters is 1. The summed E-state index contributed by atoms with van der Waals surface area (Å²) in [5.74, 6) is 1.53. The summed E-state index contributed by atoms with van der Waals surface area (Å²) in [6.45, 7) is 0.945. The number of benzene rings is 2. The maximum absolute atomic E-state index is 11.7. The number of rotatable bonds is 8. The van der Waals surface area contributed by atoms with E-state index in [1.54, 1.807) is 18.3 Å². The third-order valence-corrected chi connectivity index (χ3v) is 5.11. The van der Waals surface area contributed by atoms with Gasteiger partial charge in [-0.1, -0.05) is 18.2 Å². The highest BCUT2D eigenvalue weighted by atomic mass is 16.5. The van der Waals surface area contributed by atoms with Gasteiger partial charge in [-0.05, 0) is 54.7 Å². The Hall–Kier alpha value is -3.85. The van der Waals surface area contributed by atoms with Crippen molar-refractivity contribution >= 4 is 5.97 Å². The van der Waals surface area contributed by atoms with E-state index in [2.05, 4.69) is 11.1 Å². The Morgan fingerprint density at radius 1 is 1.10 bits per heavy atom. The summed E-state index contributed by atoms with van der Waals surface area (Å²) in [6, 6.07) is 18.5. The topological polar surface area (TPSA) is 81.4 Å². The molecule has 6 nitrogen and oxygen atoms in total. The van der Waals surface area contributed by atoms with Crippen molar-refractivity contribution < 1.29 is 19.0 Å². The Balaban J connectivity index is 1.43. The van der Waals surface area contributed by atoms with Crippen molar-refractivity contribution in [3.63, 3.8) is 0 Å². The minimum atomic E-state index is -0.478. The molecule has 0 atom stereocenters. The zero-order valence-corrected chi connectivity index (χ0v) is 17.2. The predicted molar refractivity (Wildman–Crippen MR) is 115 cm³/mol. The molecule has 1 aromatic heterocycles. The first kappa shape index (κ1) is 20.4. The molecule has 1 fully saturated rings. The first-order chi connectivity index (χ1) is 15.2. The molecule has 0 unspecified atom stereocenters. The van der Waals surface area contributed by atoms with Crippen LogP contribution in [-0.4, -0.2) is 24.7 Å². The van der Waals surface area contributed by atoms with Crippen LogP contribution < -0.4 is 9.47 Å². The van der Waals surface area contributed by atoms with Crippen molar-refractivity contribution in [2.75, 3.05) is 13.7 Å². The third-order valence-electron chi connectivity index (χ3n) is 5.11. The average molecular weight is 414 g/mol. The fourth-order valence-electron chi connectivity index (χ4n) is 3.10. The maximum atomic E-state index is 11.7. The van der Waals surface area contributed by atoms with E-state index in [0.29, 0.717) is 34.2 Å². The lowest BCUT2D eigenvalue weighted by Gasteiger charge is -2.10. The van der Waals surface area contributed by atoms with Gasteiger partial charge in [0.2, 0.25) is 5.88 Å². The molecule has 0 bridgehead atoms. The van der Waals surface area contributed by atoms with Gasteiger partial charge in [0.05, 0.1) is 30.9 Å². The number of carbonyl (C=O) groups excluding carboxylic acids is 1. The number of ether oxygens (including phenoxy) is 3. The number of hydrogen-bond acceptors (Lipinski definition) is 6. The Labute approximate surface area is 181 Å². The van der Waals surface area contributed by atoms with E-state index in [0.717, 1.165) is 17.7 Å². The van der Waals surface area contributed by atoms with Gasteiger partial charge in [0.15, 0.2) is 0 Å². The fraction of sp³-hybridized carbons (Fsp3) is 0.240. The van der Waals surface area contributed by atoms with Crippen LogP contribution in [0.1, 0.15) is 34.3 Å². The van der Waals surface area contributed by atoms with Crippen LogP contribution in [0.25, 0.3) is 11.1 Å². The Morgan fingerprint density at radius 3 is 2.68 bits per heavy atom. The van der Waals surface area contributed by atoms with Crippen LogP contribution in [-0.2, 0) is 11.3 Å². The molecule has 6 heteroatoms. The normalized spacial score (nSPS) is 12.6. The molecule has 1 aliphatic carbocycles. The summed E-state index contributed by atoms with van der Waals surface area (Å²) in [5.41, 5.74) is 3.34. The van der Waals surface area contributed by atoms with E-state index in [-0.39, 0.29) is 6.61 Å². The largest absolute Gasteiger partial charge is 0.489 e. The third kappa shape index (κ3) is 5.20. The molecule has 0 saturated heterocycles. The lowest BCUT2D eigenvalue weighted by molar-refractivity contribution is 0.0600. The molecule has 1 aliphatic rings. The molecule has 0 N–H and O–H groups in total. The monoisotopic (exact) mass is 414 g/mol. The first-order valence-electron chi connectivity index (χ1n) is 10.1. The number of methoxy groups -OCH3 is 1. The number of aromatic nitrogens is 1. The molecule has 156 valence electrons. The maximum Gasteiger partial charge on any atom is 0.337 e. The molecule has 2 aromatic carbocycles. The standard InChI is InChI=1S/C25H22N2O4/c1-29-25(28)19-7-8-21(22(11-19)13-26)16-30-23-4-2-3-18(12-23)20-9-10-24(27-14-20)31-15-17-5-6-17/h2-4,7-12,14,17H,5-6,15-16H2,1H3. The van der Waals surface area contributed by atoms with Crippen LogP contribution in [0, 0.1) is 17.2 Å². The van der Waals surface area contributed by atoms with Crippen molar-refractivity contribution in [2.24, 2.45) is 5.92 Å².